The number of carbonyl (C=O) groups excluding carboxylic acids is 3. The van der Waals surface area contributed by atoms with Crippen LogP contribution in [0, 0.1) is 6.92 Å². The number of nitrogens with zero attached hydrogens (tertiary/aromatic N) is 1. The van der Waals surface area contributed by atoms with Gasteiger partial charge in [-0.2, -0.15) is 0 Å². The molecule has 0 aliphatic heterocycles. The molecule has 0 saturated heterocycles. The Morgan fingerprint density at radius 3 is 2.30 bits per heavy atom. The van der Waals surface area contributed by atoms with Crippen LogP contribution < -0.4 is 10.6 Å². The first-order valence-electron chi connectivity index (χ1n) is 14.2. The largest absolute Gasteiger partial charge is 0.444 e. The van der Waals surface area contributed by atoms with Crippen LogP contribution in [-0.2, 0) is 14.3 Å². The fourth-order valence-electron chi connectivity index (χ4n) is 4.92. The second kappa shape index (κ2) is 15.0. The average molecular weight is 516 g/mol. The Morgan fingerprint density at radius 1 is 1.03 bits per heavy atom. The number of aryl methyl sites for hydroxylation is 1. The van der Waals surface area contributed by atoms with E-state index in [0.717, 1.165) is 68.9 Å². The predicted molar refractivity (Wildman–Crippen MR) is 148 cm³/mol. The summed E-state index contributed by atoms with van der Waals surface area (Å²) in [4.78, 5) is 41.8. The lowest BCUT2D eigenvalue weighted by atomic mass is 9.93. The van der Waals surface area contributed by atoms with E-state index in [1.54, 1.807) is 32.6 Å². The maximum atomic E-state index is 13.9. The number of hydrogen-bond donors (Lipinski definition) is 2. The van der Waals surface area contributed by atoms with Gasteiger partial charge in [-0.15, -0.1) is 0 Å². The number of carbonyl (C=O) groups is 3. The standard InChI is InChI=1S/C30H49N3O4/c1-7-8-9-10-16-21-33(28(35)23(3)31-29(36)37-30(4,5)6)26(25-20-15-14-17-22(25)2)27(34)32-24-18-12-11-13-19-24/h14-15,17,20,23-24,26H,7-13,16,18-19,21H2,1-6H3,(H,31,36)(H,32,34). The number of alkyl carbamates (subject to hydrolysis) is 1. The monoisotopic (exact) mass is 515 g/mol. The van der Waals surface area contributed by atoms with Gasteiger partial charge in [-0.05, 0) is 65.0 Å². The van der Waals surface area contributed by atoms with Crippen LogP contribution in [0.5, 0.6) is 0 Å². The van der Waals surface area contributed by atoms with E-state index in [2.05, 4.69) is 17.6 Å². The van der Waals surface area contributed by atoms with Crippen LogP contribution in [0.25, 0.3) is 0 Å². The topological polar surface area (TPSA) is 87.7 Å². The zero-order valence-corrected chi connectivity index (χ0v) is 23.9. The van der Waals surface area contributed by atoms with E-state index in [0.29, 0.717) is 6.54 Å². The fraction of sp³-hybridized carbons (Fsp3) is 0.700. The van der Waals surface area contributed by atoms with Crippen molar-refractivity contribution in [2.24, 2.45) is 0 Å². The molecule has 208 valence electrons. The third-order valence-corrected chi connectivity index (χ3v) is 6.88. The Labute approximate surface area is 224 Å². The van der Waals surface area contributed by atoms with Crippen molar-refractivity contribution in [3.63, 3.8) is 0 Å². The lowest BCUT2D eigenvalue weighted by Gasteiger charge is -2.35. The molecule has 1 saturated carbocycles. The molecule has 1 aromatic carbocycles. The molecule has 2 rings (SSSR count). The number of rotatable bonds is 12. The number of amides is 3. The molecule has 1 aliphatic carbocycles. The highest BCUT2D eigenvalue weighted by Crippen LogP contribution is 2.27. The molecule has 1 aromatic rings. The van der Waals surface area contributed by atoms with Crippen LogP contribution in [0.3, 0.4) is 0 Å². The minimum Gasteiger partial charge on any atom is -0.444 e. The third-order valence-electron chi connectivity index (χ3n) is 6.88. The summed E-state index contributed by atoms with van der Waals surface area (Å²) < 4.78 is 5.38. The molecule has 0 bridgehead atoms. The molecule has 2 unspecified atom stereocenters. The summed E-state index contributed by atoms with van der Waals surface area (Å²) in [6.45, 7) is 11.6. The fourth-order valence-corrected chi connectivity index (χ4v) is 4.92. The lowest BCUT2D eigenvalue weighted by Crippen LogP contribution is -2.53. The van der Waals surface area contributed by atoms with Crippen LogP contribution in [0.1, 0.15) is 116 Å². The van der Waals surface area contributed by atoms with Crippen molar-refractivity contribution in [3.8, 4) is 0 Å². The van der Waals surface area contributed by atoms with Crippen molar-refractivity contribution in [2.75, 3.05) is 6.54 Å². The second-order valence-corrected chi connectivity index (χ2v) is 11.4. The van der Waals surface area contributed by atoms with E-state index in [9.17, 15) is 14.4 Å². The highest BCUT2D eigenvalue weighted by Gasteiger charge is 2.36. The summed E-state index contributed by atoms with van der Waals surface area (Å²) in [5, 5.41) is 5.94. The van der Waals surface area contributed by atoms with Crippen molar-refractivity contribution in [2.45, 2.75) is 129 Å². The molecule has 0 radical (unpaired) electrons. The van der Waals surface area contributed by atoms with Gasteiger partial charge in [0.1, 0.15) is 17.7 Å². The average Bonchev–Trinajstić information content (AvgIpc) is 2.83. The molecule has 2 N–H and O–H groups in total. The number of nitrogens with one attached hydrogen (secondary N) is 2. The quantitative estimate of drug-likeness (QED) is 0.325. The molecule has 37 heavy (non-hydrogen) atoms. The third kappa shape index (κ3) is 10.4. The highest BCUT2D eigenvalue weighted by molar-refractivity contribution is 5.92. The second-order valence-electron chi connectivity index (χ2n) is 11.4. The summed E-state index contributed by atoms with van der Waals surface area (Å²) >= 11 is 0. The first kappa shape index (κ1) is 30.7. The van der Waals surface area contributed by atoms with E-state index in [1.165, 1.54) is 6.42 Å². The van der Waals surface area contributed by atoms with Gasteiger partial charge in [0.05, 0.1) is 0 Å². The zero-order valence-electron chi connectivity index (χ0n) is 23.9. The molecule has 7 heteroatoms. The number of unbranched alkanes of at least 4 members (excludes halogenated alkanes) is 4. The smallest absolute Gasteiger partial charge is 0.408 e. The van der Waals surface area contributed by atoms with E-state index >= 15 is 0 Å². The first-order chi connectivity index (χ1) is 17.5. The maximum Gasteiger partial charge on any atom is 0.408 e. The van der Waals surface area contributed by atoms with Gasteiger partial charge in [0.2, 0.25) is 11.8 Å². The Balaban J connectivity index is 2.34. The van der Waals surface area contributed by atoms with Crippen molar-refractivity contribution >= 4 is 17.9 Å². The number of benzene rings is 1. The summed E-state index contributed by atoms with van der Waals surface area (Å²) in [6, 6.07) is 6.30. The van der Waals surface area contributed by atoms with Gasteiger partial charge in [0.15, 0.2) is 0 Å². The van der Waals surface area contributed by atoms with Crippen LogP contribution >= 0.6 is 0 Å². The summed E-state index contributed by atoms with van der Waals surface area (Å²) in [7, 11) is 0. The molecule has 7 nitrogen and oxygen atoms in total. The van der Waals surface area contributed by atoms with Gasteiger partial charge in [0, 0.05) is 12.6 Å². The summed E-state index contributed by atoms with van der Waals surface area (Å²) in [6.07, 6.45) is 9.85. The van der Waals surface area contributed by atoms with E-state index in [4.69, 9.17) is 4.74 Å². The zero-order chi connectivity index (χ0) is 27.4. The minimum atomic E-state index is -0.834. The molecule has 3 amide bonds. The molecule has 1 fully saturated rings. The molecule has 0 aromatic heterocycles. The summed E-state index contributed by atoms with van der Waals surface area (Å²) in [5.41, 5.74) is 1.11. The van der Waals surface area contributed by atoms with Crippen molar-refractivity contribution in [3.05, 3.63) is 35.4 Å². The Bertz CT molecular complexity index is 874. The molecular formula is C30H49N3O4. The van der Waals surface area contributed by atoms with Gasteiger partial charge in [-0.3, -0.25) is 9.59 Å². The van der Waals surface area contributed by atoms with Gasteiger partial charge in [-0.1, -0.05) is 76.1 Å². The molecule has 2 atom stereocenters. The Hall–Kier alpha value is -2.57. The molecule has 1 aliphatic rings. The number of ether oxygens (including phenoxy) is 1. The lowest BCUT2D eigenvalue weighted by molar-refractivity contribution is -0.142. The summed E-state index contributed by atoms with van der Waals surface area (Å²) in [5.74, 6) is -0.430. The van der Waals surface area contributed by atoms with Crippen LogP contribution in [-0.4, -0.2) is 47.0 Å². The van der Waals surface area contributed by atoms with Crippen LogP contribution in [0.15, 0.2) is 24.3 Å². The van der Waals surface area contributed by atoms with Crippen molar-refractivity contribution in [1.82, 2.24) is 15.5 Å². The van der Waals surface area contributed by atoms with E-state index in [1.807, 2.05) is 31.2 Å². The van der Waals surface area contributed by atoms with Crippen LogP contribution in [0.2, 0.25) is 0 Å². The molecule has 0 heterocycles. The van der Waals surface area contributed by atoms with Gasteiger partial charge in [0.25, 0.3) is 0 Å². The van der Waals surface area contributed by atoms with E-state index in [-0.39, 0.29) is 17.9 Å². The first-order valence-corrected chi connectivity index (χ1v) is 14.2. The van der Waals surface area contributed by atoms with E-state index < -0.39 is 23.8 Å². The van der Waals surface area contributed by atoms with Crippen molar-refractivity contribution in [1.29, 1.82) is 0 Å². The maximum absolute atomic E-state index is 13.9. The predicted octanol–water partition coefficient (Wildman–Crippen LogP) is 6.20. The van der Waals surface area contributed by atoms with Crippen LogP contribution in [0.4, 0.5) is 4.79 Å². The number of hydrogen-bond acceptors (Lipinski definition) is 4. The molecule has 0 spiro atoms. The van der Waals surface area contributed by atoms with Gasteiger partial charge < -0.3 is 20.3 Å². The van der Waals surface area contributed by atoms with Gasteiger partial charge in [-0.25, -0.2) is 4.79 Å². The van der Waals surface area contributed by atoms with Gasteiger partial charge >= 0.3 is 6.09 Å². The Morgan fingerprint density at radius 2 is 1.68 bits per heavy atom. The SMILES string of the molecule is CCCCCCCN(C(=O)C(C)NC(=O)OC(C)(C)C)C(C(=O)NC1CCCCC1)c1ccccc1C. The normalized spacial score (nSPS) is 15.9. The highest BCUT2D eigenvalue weighted by atomic mass is 16.6. The molecular weight excluding hydrogens is 466 g/mol. The minimum absolute atomic E-state index is 0.131. The van der Waals surface area contributed by atoms with Crippen molar-refractivity contribution < 1.29 is 19.1 Å². The Kier molecular flexibility index (Phi) is 12.4.